The first kappa shape index (κ1) is 28.3. The van der Waals surface area contributed by atoms with Crippen LogP contribution in [0.25, 0.3) is 10.9 Å². The summed E-state index contributed by atoms with van der Waals surface area (Å²) in [6.45, 7) is 9.59. The van der Waals surface area contributed by atoms with E-state index < -0.39 is 41.3 Å². The molecule has 3 rings (SSSR count). The lowest BCUT2D eigenvalue weighted by Crippen LogP contribution is -2.54. The molecule has 202 valence electrons. The van der Waals surface area contributed by atoms with Crippen LogP contribution in [-0.4, -0.2) is 53.3 Å². The molecule has 11 heteroatoms. The zero-order valence-electron chi connectivity index (χ0n) is 22.1. The summed E-state index contributed by atoms with van der Waals surface area (Å²) in [4.78, 5) is 54.0. The molecule has 1 aliphatic heterocycles. The molecule has 0 saturated carbocycles. The Kier molecular flexibility index (Phi) is 8.12. The standard InChI is InChI=1S/C26H36ClN5O5/c1-25(2,3)12-19(24(36)30-17(21(28)33)9-14-11-26(4,5)32-22(14)34)31-23(35)18-8-13-7-15(37-6)10-16(27)20(13)29-18/h7-8,10,14,17,19,29H,9,11-12H2,1-6H3,(H2,28,33)(H,30,36)(H,31,35)(H,32,34). The Bertz CT molecular complexity index is 1220. The zero-order valence-corrected chi connectivity index (χ0v) is 22.8. The number of amides is 4. The molecule has 4 amide bonds. The fraction of sp³-hybridized carbons (Fsp3) is 0.538. The molecule has 1 fully saturated rings. The monoisotopic (exact) mass is 533 g/mol. The number of hydrogen-bond donors (Lipinski definition) is 5. The van der Waals surface area contributed by atoms with Crippen molar-refractivity contribution in [2.24, 2.45) is 17.1 Å². The molecular formula is C26H36ClN5O5. The minimum atomic E-state index is -1.06. The van der Waals surface area contributed by atoms with Crippen molar-refractivity contribution in [2.45, 2.75) is 71.5 Å². The molecule has 0 radical (unpaired) electrons. The molecule has 1 aromatic heterocycles. The van der Waals surface area contributed by atoms with E-state index in [1.54, 1.807) is 18.2 Å². The summed E-state index contributed by atoms with van der Waals surface area (Å²) in [7, 11) is 1.52. The number of ether oxygens (including phenoxy) is 1. The van der Waals surface area contributed by atoms with E-state index in [0.29, 0.717) is 34.5 Å². The van der Waals surface area contributed by atoms with Crippen LogP contribution in [0.3, 0.4) is 0 Å². The van der Waals surface area contributed by atoms with Crippen LogP contribution in [0.4, 0.5) is 0 Å². The predicted molar refractivity (Wildman–Crippen MR) is 141 cm³/mol. The Morgan fingerprint density at radius 1 is 1.19 bits per heavy atom. The van der Waals surface area contributed by atoms with Crippen molar-refractivity contribution in [3.05, 3.63) is 28.9 Å². The van der Waals surface area contributed by atoms with Crippen LogP contribution in [0.1, 0.15) is 64.4 Å². The number of H-pyrrole nitrogens is 1. The van der Waals surface area contributed by atoms with Gasteiger partial charge in [0.1, 0.15) is 23.5 Å². The number of benzene rings is 1. The van der Waals surface area contributed by atoms with Crippen molar-refractivity contribution in [3.63, 3.8) is 0 Å². The molecule has 2 heterocycles. The Morgan fingerprint density at radius 2 is 1.86 bits per heavy atom. The number of nitrogens with one attached hydrogen (secondary N) is 4. The van der Waals surface area contributed by atoms with E-state index in [1.165, 1.54) is 7.11 Å². The maximum Gasteiger partial charge on any atom is 0.268 e. The van der Waals surface area contributed by atoms with E-state index >= 15 is 0 Å². The summed E-state index contributed by atoms with van der Waals surface area (Å²) in [6.07, 6.45) is 0.887. The van der Waals surface area contributed by atoms with Gasteiger partial charge in [0.05, 0.1) is 17.6 Å². The molecule has 10 nitrogen and oxygen atoms in total. The number of aromatic amines is 1. The zero-order chi connectivity index (χ0) is 27.7. The number of aromatic nitrogens is 1. The van der Waals surface area contributed by atoms with Crippen LogP contribution >= 0.6 is 11.6 Å². The van der Waals surface area contributed by atoms with Gasteiger partial charge in [-0.25, -0.2) is 0 Å². The largest absolute Gasteiger partial charge is 0.497 e. The van der Waals surface area contributed by atoms with E-state index in [1.807, 2.05) is 34.6 Å². The van der Waals surface area contributed by atoms with E-state index in [4.69, 9.17) is 22.1 Å². The van der Waals surface area contributed by atoms with Gasteiger partial charge >= 0.3 is 0 Å². The van der Waals surface area contributed by atoms with Crippen molar-refractivity contribution >= 4 is 46.1 Å². The Balaban J connectivity index is 1.79. The van der Waals surface area contributed by atoms with E-state index in [2.05, 4.69) is 20.9 Å². The highest BCUT2D eigenvalue weighted by Crippen LogP contribution is 2.30. The molecule has 1 aliphatic rings. The summed E-state index contributed by atoms with van der Waals surface area (Å²) in [5.41, 5.74) is 5.63. The minimum absolute atomic E-state index is 0.0782. The Morgan fingerprint density at radius 3 is 2.41 bits per heavy atom. The maximum absolute atomic E-state index is 13.3. The van der Waals surface area contributed by atoms with Gasteiger partial charge in [0.2, 0.25) is 17.7 Å². The summed E-state index contributed by atoms with van der Waals surface area (Å²) in [5, 5.41) is 9.38. The third-order valence-corrected chi connectivity index (χ3v) is 6.64. The van der Waals surface area contributed by atoms with Gasteiger partial charge in [-0.15, -0.1) is 0 Å². The molecule has 0 aliphatic carbocycles. The first-order valence-corrected chi connectivity index (χ1v) is 12.6. The molecule has 3 unspecified atom stereocenters. The Labute approximate surface area is 221 Å². The van der Waals surface area contributed by atoms with Gasteiger partial charge in [-0.2, -0.15) is 0 Å². The number of fused-ring (bicyclic) bond motifs is 1. The Hall–Kier alpha value is -3.27. The number of carbonyl (C=O) groups excluding carboxylic acids is 4. The summed E-state index contributed by atoms with van der Waals surface area (Å²) < 4.78 is 5.23. The third-order valence-electron chi connectivity index (χ3n) is 6.34. The number of primary amides is 1. The first-order valence-electron chi connectivity index (χ1n) is 12.2. The molecule has 0 bridgehead atoms. The molecule has 0 spiro atoms. The van der Waals surface area contributed by atoms with E-state index in [9.17, 15) is 19.2 Å². The van der Waals surface area contributed by atoms with Crippen LogP contribution in [0.5, 0.6) is 5.75 Å². The molecule has 1 aromatic carbocycles. The van der Waals surface area contributed by atoms with Gasteiger partial charge in [-0.3, -0.25) is 19.2 Å². The van der Waals surface area contributed by atoms with E-state index in [-0.39, 0.29) is 23.4 Å². The maximum atomic E-state index is 13.3. The lowest BCUT2D eigenvalue weighted by molar-refractivity contribution is -0.130. The van der Waals surface area contributed by atoms with Gasteiger partial charge < -0.3 is 31.4 Å². The number of rotatable bonds is 9. The number of halogens is 1. The second kappa shape index (κ2) is 10.6. The summed E-state index contributed by atoms with van der Waals surface area (Å²) in [6, 6.07) is 2.98. The lowest BCUT2D eigenvalue weighted by Gasteiger charge is -2.28. The number of methoxy groups -OCH3 is 1. The smallest absolute Gasteiger partial charge is 0.268 e. The van der Waals surface area contributed by atoms with Gasteiger partial charge in [0, 0.05) is 22.9 Å². The second-order valence-corrected chi connectivity index (χ2v) is 11.9. The fourth-order valence-electron chi connectivity index (χ4n) is 4.66. The van der Waals surface area contributed by atoms with Gasteiger partial charge in [0.25, 0.3) is 5.91 Å². The molecule has 3 atom stereocenters. The highest BCUT2D eigenvalue weighted by Gasteiger charge is 2.40. The van der Waals surface area contributed by atoms with Crippen LogP contribution in [-0.2, 0) is 14.4 Å². The minimum Gasteiger partial charge on any atom is -0.497 e. The normalized spacial score (nSPS) is 18.7. The van der Waals surface area contributed by atoms with Crippen LogP contribution in [0.2, 0.25) is 5.02 Å². The average Bonchev–Trinajstić information content (AvgIpc) is 3.31. The predicted octanol–water partition coefficient (Wildman–Crippen LogP) is 2.64. The molecule has 37 heavy (non-hydrogen) atoms. The van der Waals surface area contributed by atoms with Gasteiger partial charge in [-0.1, -0.05) is 32.4 Å². The molecule has 1 saturated heterocycles. The van der Waals surface area contributed by atoms with Gasteiger partial charge in [0.15, 0.2) is 0 Å². The fourth-order valence-corrected chi connectivity index (χ4v) is 4.92. The van der Waals surface area contributed by atoms with Crippen molar-refractivity contribution in [1.29, 1.82) is 0 Å². The quantitative estimate of drug-likeness (QED) is 0.335. The molecule has 6 N–H and O–H groups in total. The number of nitrogens with two attached hydrogens (primary N) is 1. The van der Waals surface area contributed by atoms with Crippen LogP contribution in [0, 0.1) is 11.3 Å². The number of carbonyl (C=O) groups is 4. The highest BCUT2D eigenvalue weighted by atomic mass is 35.5. The highest BCUT2D eigenvalue weighted by molar-refractivity contribution is 6.35. The van der Waals surface area contributed by atoms with Crippen molar-refractivity contribution < 1.29 is 23.9 Å². The van der Waals surface area contributed by atoms with Crippen molar-refractivity contribution in [3.8, 4) is 5.75 Å². The third kappa shape index (κ3) is 7.15. The van der Waals surface area contributed by atoms with Gasteiger partial charge in [-0.05, 0) is 50.7 Å². The molecular weight excluding hydrogens is 498 g/mol. The summed E-state index contributed by atoms with van der Waals surface area (Å²) in [5.74, 6) is -1.91. The first-order chi connectivity index (χ1) is 17.1. The topological polar surface area (TPSA) is 155 Å². The van der Waals surface area contributed by atoms with Crippen molar-refractivity contribution in [2.75, 3.05) is 7.11 Å². The van der Waals surface area contributed by atoms with Crippen molar-refractivity contribution in [1.82, 2.24) is 20.9 Å². The SMILES string of the molecule is COc1cc(Cl)c2[nH]c(C(=O)NC(CC(C)(C)C)C(=O)NC(CC3CC(C)(C)NC3=O)C(N)=O)cc2c1. The lowest BCUT2D eigenvalue weighted by atomic mass is 9.87. The number of hydrogen-bond acceptors (Lipinski definition) is 5. The molecule has 2 aromatic rings. The summed E-state index contributed by atoms with van der Waals surface area (Å²) >= 11 is 6.31. The van der Waals surface area contributed by atoms with E-state index in [0.717, 1.165) is 0 Å². The van der Waals surface area contributed by atoms with Crippen LogP contribution in [0.15, 0.2) is 18.2 Å². The van der Waals surface area contributed by atoms with Crippen LogP contribution < -0.4 is 26.4 Å². The average molecular weight is 534 g/mol. The second-order valence-electron chi connectivity index (χ2n) is 11.5.